The zero-order valence-corrected chi connectivity index (χ0v) is 24.4. The van der Waals surface area contributed by atoms with E-state index in [9.17, 15) is 4.79 Å². The number of aliphatic hydroxyl groups excluding tert-OH is 1. The van der Waals surface area contributed by atoms with Crippen LogP contribution in [0.2, 0.25) is 0 Å². The van der Waals surface area contributed by atoms with Crippen LogP contribution in [-0.2, 0) is 9.53 Å². The highest BCUT2D eigenvalue weighted by atomic mass is 16.5. The first-order chi connectivity index (χ1) is 17.8. The van der Waals surface area contributed by atoms with E-state index in [0.717, 1.165) is 25.7 Å². The Morgan fingerprint density at radius 2 is 0.917 bits per heavy atom. The molecule has 0 fully saturated rings. The molecule has 0 spiro atoms. The summed E-state index contributed by atoms with van der Waals surface area (Å²) in [6.45, 7) is 3.23. The van der Waals surface area contributed by atoms with Crippen LogP contribution in [0.15, 0.2) is 12.2 Å². The van der Waals surface area contributed by atoms with Crippen LogP contribution in [0, 0.1) is 0 Å². The third-order valence-corrected chi connectivity index (χ3v) is 7.21. The van der Waals surface area contributed by atoms with Gasteiger partial charge in [-0.25, -0.2) is 0 Å². The lowest BCUT2D eigenvalue weighted by Crippen LogP contribution is -2.05. The van der Waals surface area contributed by atoms with Crippen LogP contribution in [0.1, 0.15) is 180 Å². The molecule has 0 bridgehead atoms. The normalized spacial score (nSPS) is 11.5. The fourth-order valence-corrected chi connectivity index (χ4v) is 4.76. The number of unbranched alkanes of at least 4 members (excludes halogenated alkanes) is 23. The lowest BCUT2D eigenvalue weighted by molar-refractivity contribution is -0.143. The molecular weight excluding hydrogens is 444 g/mol. The van der Waals surface area contributed by atoms with Crippen LogP contribution in [0.5, 0.6) is 0 Å². The highest BCUT2D eigenvalue weighted by molar-refractivity contribution is 5.69. The van der Waals surface area contributed by atoms with Crippen molar-refractivity contribution in [2.45, 2.75) is 180 Å². The molecule has 0 aromatic carbocycles. The number of carbonyl (C=O) groups is 1. The van der Waals surface area contributed by atoms with E-state index in [2.05, 4.69) is 19.1 Å². The molecule has 0 saturated heterocycles. The Hall–Kier alpha value is -0.830. The maximum absolute atomic E-state index is 11.9. The largest absolute Gasteiger partial charge is 0.466 e. The number of esters is 1. The number of rotatable bonds is 30. The summed E-state index contributed by atoms with van der Waals surface area (Å²) in [5, 5.41) is 8.77. The van der Waals surface area contributed by atoms with E-state index in [0.29, 0.717) is 19.6 Å². The monoisotopic (exact) mass is 508 g/mol. The third kappa shape index (κ3) is 31.2. The molecule has 0 heterocycles. The average Bonchev–Trinajstić information content (AvgIpc) is 2.88. The quantitative estimate of drug-likeness (QED) is 0.0596. The number of carbonyl (C=O) groups excluding carboxylic acids is 1. The molecule has 0 aromatic rings. The second-order valence-electron chi connectivity index (χ2n) is 10.9. The minimum atomic E-state index is 0.00571. The van der Waals surface area contributed by atoms with Gasteiger partial charge >= 0.3 is 5.97 Å². The van der Waals surface area contributed by atoms with Crippen LogP contribution < -0.4 is 0 Å². The van der Waals surface area contributed by atoms with Crippen LogP contribution in [0.4, 0.5) is 0 Å². The van der Waals surface area contributed by atoms with E-state index in [1.54, 1.807) is 0 Å². The third-order valence-electron chi connectivity index (χ3n) is 7.21. The van der Waals surface area contributed by atoms with E-state index in [1.165, 1.54) is 141 Å². The Labute approximate surface area is 226 Å². The van der Waals surface area contributed by atoms with Gasteiger partial charge in [-0.1, -0.05) is 141 Å². The van der Waals surface area contributed by atoms with Crippen LogP contribution in [-0.4, -0.2) is 24.3 Å². The smallest absolute Gasteiger partial charge is 0.305 e. The van der Waals surface area contributed by atoms with Gasteiger partial charge in [-0.05, 0) is 44.9 Å². The Bertz CT molecular complexity index is 446. The van der Waals surface area contributed by atoms with Crippen LogP contribution >= 0.6 is 0 Å². The molecule has 0 aromatic heterocycles. The number of allylic oxidation sites excluding steroid dienone is 2. The summed E-state index contributed by atoms with van der Waals surface area (Å²) in [5.41, 5.74) is 0. The number of hydrogen-bond acceptors (Lipinski definition) is 3. The molecular formula is C33H64O3. The maximum Gasteiger partial charge on any atom is 0.305 e. The molecule has 1 N–H and O–H groups in total. The summed E-state index contributed by atoms with van der Waals surface area (Å²) in [6.07, 6.45) is 38.4. The number of aliphatic hydroxyl groups is 1. The minimum Gasteiger partial charge on any atom is -0.466 e. The topological polar surface area (TPSA) is 46.5 Å². The van der Waals surface area contributed by atoms with Gasteiger partial charge in [0.25, 0.3) is 0 Å². The first-order valence-corrected chi connectivity index (χ1v) is 16.2. The van der Waals surface area contributed by atoms with E-state index in [4.69, 9.17) is 9.84 Å². The van der Waals surface area contributed by atoms with Crippen molar-refractivity contribution in [1.29, 1.82) is 0 Å². The van der Waals surface area contributed by atoms with E-state index in [1.807, 2.05) is 0 Å². The molecule has 0 rings (SSSR count). The molecule has 0 atom stereocenters. The van der Waals surface area contributed by atoms with Crippen molar-refractivity contribution in [2.75, 3.05) is 13.2 Å². The fraction of sp³-hybridized carbons (Fsp3) is 0.909. The SMILES string of the molecule is CCCCCC/C=C\CCCCCCCC(=O)OCCCCCCCCCCCCCCCCCO. The molecule has 0 amide bonds. The van der Waals surface area contributed by atoms with E-state index < -0.39 is 0 Å². The van der Waals surface area contributed by atoms with Gasteiger partial charge in [-0.2, -0.15) is 0 Å². The van der Waals surface area contributed by atoms with Gasteiger partial charge in [0.05, 0.1) is 6.61 Å². The first kappa shape index (κ1) is 35.2. The fourth-order valence-electron chi connectivity index (χ4n) is 4.76. The van der Waals surface area contributed by atoms with E-state index >= 15 is 0 Å². The average molecular weight is 509 g/mol. The van der Waals surface area contributed by atoms with Crippen molar-refractivity contribution >= 4 is 5.97 Å². The Morgan fingerprint density at radius 3 is 1.39 bits per heavy atom. The molecule has 214 valence electrons. The van der Waals surface area contributed by atoms with Crippen molar-refractivity contribution < 1.29 is 14.6 Å². The molecule has 0 unspecified atom stereocenters. The summed E-state index contributed by atoms with van der Waals surface area (Å²) in [5.74, 6) is 0.00571. The lowest BCUT2D eigenvalue weighted by atomic mass is 10.0. The molecule has 0 aliphatic carbocycles. The van der Waals surface area contributed by atoms with Crippen molar-refractivity contribution in [3.05, 3.63) is 12.2 Å². The zero-order valence-electron chi connectivity index (χ0n) is 24.4. The number of ether oxygens (including phenoxy) is 1. The van der Waals surface area contributed by atoms with E-state index in [-0.39, 0.29) is 5.97 Å². The summed E-state index contributed by atoms with van der Waals surface area (Å²) < 4.78 is 5.41. The molecule has 0 aliphatic heterocycles. The standard InChI is InChI=1S/C33H64O3/c1-2-3-4-5-6-7-8-12-15-18-21-24-27-30-33(35)36-32-29-26-23-20-17-14-11-9-10-13-16-19-22-25-28-31-34/h7-8,34H,2-6,9-32H2,1H3/b8-7-. The van der Waals surface area contributed by atoms with Gasteiger partial charge in [0, 0.05) is 13.0 Å². The second-order valence-corrected chi connectivity index (χ2v) is 10.9. The Balaban J connectivity index is 3.17. The van der Waals surface area contributed by atoms with Gasteiger partial charge in [-0.15, -0.1) is 0 Å². The van der Waals surface area contributed by atoms with Crippen LogP contribution in [0.3, 0.4) is 0 Å². The Kier molecular flexibility index (Phi) is 31.5. The summed E-state index contributed by atoms with van der Waals surface area (Å²) >= 11 is 0. The Morgan fingerprint density at radius 1 is 0.528 bits per heavy atom. The van der Waals surface area contributed by atoms with Crippen molar-refractivity contribution in [1.82, 2.24) is 0 Å². The van der Waals surface area contributed by atoms with Gasteiger partial charge in [0.15, 0.2) is 0 Å². The maximum atomic E-state index is 11.9. The predicted molar refractivity (Wildman–Crippen MR) is 158 cm³/mol. The molecule has 0 radical (unpaired) electrons. The summed E-state index contributed by atoms with van der Waals surface area (Å²) in [6, 6.07) is 0. The van der Waals surface area contributed by atoms with Crippen molar-refractivity contribution in [3.8, 4) is 0 Å². The van der Waals surface area contributed by atoms with Crippen LogP contribution in [0.25, 0.3) is 0 Å². The first-order valence-electron chi connectivity index (χ1n) is 16.2. The minimum absolute atomic E-state index is 0.00571. The second kappa shape index (κ2) is 32.2. The van der Waals surface area contributed by atoms with Crippen molar-refractivity contribution in [2.24, 2.45) is 0 Å². The molecule has 0 saturated carbocycles. The summed E-state index contributed by atoms with van der Waals surface area (Å²) in [4.78, 5) is 11.9. The van der Waals surface area contributed by atoms with Gasteiger partial charge in [0.2, 0.25) is 0 Å². The highest BCUT2D eigenvalue weighted by Gasteiger charge is 2.02. The highest BCUT2D eigenvalue weighted by Crippen LogP contribution is 2.14. The zero-order chi connectivity index (χ0) is 26.2. The van der Waals surface area contributed by atoms with Gasteiger partial charge in [0.1, 0.15) is 0 Å². The molecule has 3 heteroatoms. The summed E-state index contributed by atoms with van der Waals surface area (Å²) in [7, 11) is 0. The van der Waals surface area contributed by atoms with Crippen molar-refractivity contribution in [3.63, 3.8) is 0 Å². The van der Waals surface area contributed by atoms with Gasteiger partial charge in [-0.3, -0.25) is 4.79 Å². The lowest BCUT2D eigenvalue weighted by Gasteiger charge is -2.05. The molecule has 3 nitrogen and oxygen atoms in total. The predicted octanol–water partition coefficient (Wildman–Crippen LogP) is 10.6. The van der Waals surface area contributed by atoms with Gasteiger partial charge < -0.3 is 9.84 Å². The number of hydrogen-bond donors (Lipinski definition) is 1. The molecule has 36 heavy (non-hydrogen) atoms. The molecule has 0 aliphatic rings.